The summed E-state index contributed by atoms with van der Waals surface area (Å²) in [6.07, 6.45) is -4.56. The van der Waals surface area contributed by atoms with Crippen LogP contribution >= 0.6 is 0 Å². The van der Waals surface area contributed by atoms with Gasteiger partial charge in [-0.3, -0.25) is 0 Å². The maximum absolute atomic E-state index is 12.0. The third-order valence-corrected chi connectivity index (χ3v) is 2.69. The summed E-state index contributed by atoms with van der Waals surface area (Å²) in [6.45, 7) is 0.823. The number of hydrogen-bond donors (Lipinski definition) is 1. The SMILES string of the molecule is COc1nc(OCCC(F)(F)F)nc2c1CCNC2. The second kappa shape index (κ2) is 5.60. The second-order valence-electron chi connectivity index (χ2n) is 4.08. The molecule has 106 valence electrons. The Hall–Kier alpha value is -1.57. The number of nitrogens with zero attached hydrogens (tertiary/aromatic N) is 2. The summed E-state index contributed by atoms with van der Waals surface area (Å²) in [5.41, 5.74) is 1.59. The Morgan fingerprint density at radius 1 is 1.32 bits per heavy atom. The number of halogens is 3. The molecule has 0 spiro atoms. The van der Waals surface area contributed by atoms with E-state index < -0.39 is 19.2 Å². The van der Waals surface area contributed by atoms with Crippen molar-refractivity contribution in [1.29, 1.82) is 0 Å². The molecular formula is C11H14F3N3O2. The Morgan fingerprint density at radius 2 is 2.11 bits per heavy atom. The van der Waals surface area contributed by atoms with Gasteiger partial charge in [0.1, 0.15) is 6.61 Å². The van der Waals surface area contributed by atoms with Gasteiger partial charge in [0.2, 0.25) is 5.88 Å². The molecule has 0 radical (unpaired) electrons. The van der Waals surface area contributed by atoms with Gasteiger partial charge in [-0.05, 0) is 13.0 Å². The molecule has 5 nitrogen and oxygen atoms in total. The summed E-state index contributed by atoms with van der Waals surface area (Å²) in [6, 6.07) is -0.0800. The Bertz CT molecular complexity index is 434. The van der Waals surface area contributed by atoms with Gasteiger partial charge in [0.15, 0.2) is 0 Å². The van der Waals surface area contributed by atoms with Crippen molar-refractivity contribution in [2.24, 2.45) is 0 Å². The summed E-state index contributed by atoms with van der Waals surface area (Å²) in [7, 11) is 1.46. The van der Waals surface area contributed by atoms with E-state index in [9.17, 15) is 13.2 Å². The minimum atomic E-state index is -4.25. The maximum Gasteiger partial charge on any atom is 0.392 e. The number of rotatable bonds is 4. The number of nitrogens with one attached hydrogen (secondary N) is 1. The van der Waals surface area contributed by atoms with Crippen LogP contribution in [0.2, 0.25) is 0 Å². The van der Waals surface area contributed by atoms with Gasteiger partial charge in [-0.25, -0.2) is 0 Å². The fourth-order valence-corrected chi connectivity index (χ4v) is 1.79. The van der Waals surface area contributed by atoms with Gasteiger partial charge in [-0.1, -0.05) is 0 Å². The molecule has 0 bridgehead atoms. The smallest absolute Gasteiger partial charge is 0.392 e. The number of ether oxygens (including phenoxy) is 2. The molecule has 1 N–H and O–H groups in total. The maximum atomic E-state index is 12.0. The first kappa shape index (κ1) is 13.9. The van der Waals surface area contributed by atoms with E-state index in [-0.39, 0.29) is 6.01 Å². The summed E-state index contributed by atoms with van der Waals surface area (Å²) in [5.74, 6) is 0.369. The van der Waals surface area contributed by atoms with Gasteiger partial charge in [0.05, 0.1) is 19.2 Å². The summed E-state index contributed by atoms with van der Waals surface area (Å²) >= 11 is 0. The van der Waals surface area contributed by atoms with Crippen molar-refractivity contribution in [3.63, 3.8) is 0 Å². The van der Waals surface area contributed by atoms with Crippen LogP contribution in [0.3, 0.4) is 0 Å². The molecule has 0 aromatic carbocycles. The molecule has 0 saturated heterocycles. The van der Waals surface area contributed by atoms with Gasteiger partial charge < -0.3 is 14.8 Å². The van der Waals surface area contributed by atoms with Crippen LogP contribution in [0.15, 0.2) is 0 Å². The van der Waals surface area contributed by atoms with Crippen molar-refractivity contribution in [2.75, 3.05) is 20.3 Å². The van der Waals surface area contributed by atoms with Crippen LogP contribution in [0, 0.1) is 0 Å². The zero-order valence-corrected chi connectivity index (χ0v) is 10.4. The lowest BCUT2D eigenvalue weighted by Gasteiger charge is -2.18. The molecule has 0 amide bonds. The Kier molecular flexibility index (Phi) is 4.08. The monoisotopic (exact) mass is 277 g/mol. The van der Waals surface area contributed by atoms with Crippen molar-refractivity contribution in [2.45, 2.75) is 25.6 Å². The molecule has 2 heterocycles. The zero-order valence-electron chi connectivity index (χ0n) is 10.4. The molecule has 2 rings (SSSR count). The molecule has 1 aromatic rings. The molecular weight excluding hydrogens is 263 g/mol. The van der Waals surface area contributed by atoms with Crippen molar-refractivity contribution in [1.82, 2.24) is 15.3 Å². The van der Waals surface area contributed by atoms with Crippen LogP contribution in [-0.4, -0.2) is 36.4 Å². The molecule has 8 heteroatoms. The Balaban J connectivity index is 2.09. The molecule has 0 atom stereocenters. The van der Waals surface area contributed by atoms with E-state index in [0.29, 0.717) is 18.1 Å². The van der Waals surface area contributed by atoms with E-state index in [4.69, 9.17) is 9.47 Å². The average Bonchev–Trinajstić information content (AvgIpc) is 2.36. The number of methoxy groups -OCH3 is 1. The van der Waals surface area contributed by atoms with E-state index >= 15 is 0 Å². The minimum absolute atomic E-state index is 0.0800. The Morgan fingerprint density at radius 3 is 2.79 bits per heavy atom. The lowest BCUT2D eigenvalue weighted by atomic mass is 10.1. The quantitative estimate of drug-likeness (QED) is 0.903. The highest BCUT2D eigenvalue weighted by molar-refractivity contribution is 5.34. The molecule has 19 heavy (non-hydrogen) atoms. The molecule has 1 aromatic heterocycles. The highest BCUT2D eigenvalue weighted by Crippen LogP contribution is 2.25. The largest absolute Gasteiger partial charge is 0.481 e. The average molecular weight is 277 g/mol. The first-order chi connectivity index (χ1) is 8.99. The standard InChI is InChI=1S/C11H14F3N3O2/c1-18-9-7-2-4-15-6-8(7)16-10(17-9)19-5-3-11(12,13)14/h15H,2-6H2,1H3. The van der Waals surface area contributed by atoms with E-state index in [1.54, 1.807) is 0 Å². The molecule has 0 unspecified atom stereocenters. The first-order valence-corrected chi connectivity index (χ1v) is 5.83. The second-order valence-corrected chi connectivity index (χ2v) is 4.08. The third-order valence-electron chi connectivity index (χ3n) is 2.69. The van der Waals surface area contributed by atoms with E-state index in [1.165, 1.54) is 7.11 Å². The minimum Gasteiger partial charge on any atom is -0.481 e. The van der Waals surface area contributed by atoms with Crippen LogP contribution in [0.4, 0.5) is 13.2 Å². The van der Waals surface area contributed by atoms with Crippen molar-refractivity contribution in [3.8, 4) is 11.9 Å². The fraction of sp³-hybridized carbons (Fsp3) is 0.636. The highest BCUT2D eigenvalue weighted by Gasteiger charge is 2.27. The Labute approximate surface area is 108 Å². The predicted octanol–water partition coefficient (Wildman–Crippen LogP) is 1.46. The summed E-state index contributed by atoms with van der Waals surface area (Å²) in [5, 5.41) is 3.12. The number of fused-ring (bicyclic) bond motifs is 1. The first-order valence-electron chi connectivity index (χ1n) is 5.83. The van der Waals surface area contributed by atoms with Crippen molar-refractivity contribution >= 4 is 0 Å². The van der Waals surface area contributed by atoms with Crippen LogP contribution in [0.5, 0.6) is 11.9 Å². The summed E-state index contributed by atoms with van der Waals surface area (Å²) < 4.78 is 46.1. The van der Waals surface area contributed by atoms with Gasteiger partial charge in [0, 0.05) is 12.1 Å². The number of aromatic nitrogens is 2. The molecule has 1 aliphatic heterocycles. The van der Waals surface area contributed by atoms with Gasteiger partial charge in [-0.15, -0.1) is 0 Å². The zero-order chi connectivity index (χ0) is 13.9. The van der Waals surface area contributed by atoms with Gasteiger partial charge in [0.25, 0.3) is 0 Å². The topological polar surface area (TPSA) is 56.3 Å². The molecule has 1 aliphatic rings. The molecule has 0 fully saturated rings. The summed E-state index contributed by atoms with van der Waals surface area (Å²) in [4.78, 5) is 8.07. The van der Waals surface area contributed by atoms with Crippen LogP contribution in [-0.2, 0) is 13.0 Å². The van der Waals surface area contributed by atoms with Crippen molar-refractivity contribution < 1.29 is 22.6 Å². The van der Waals surface area contributed by atoms with Crippen molar-refractivity contribution in [3.05, 3.63) is 11.3 Å². The predicted molar refractivity (Wildman–Crippen MR) is 60.2 cm³/mol. The lowest BCUT2D eigenvalue weighted by Crippen LogP contribution is -2.26. The third kappa shape index (κ3) is 3.69. The normalized spacial score (nSPS) is 14.9. The molecule has 0 saturated carbocycles. The van der Waals surface area contributed by atoms with Gasteiger partial charge in [-0.2, -0.15) is 23.1 Å². The van der Waals surface area contributed by atoms with Gasteiger partial charge >= 0.3 is 12.2 Å². The molecule has 0 aliphatic carbocycles. The highest BCUT2D eigenvalue weighted by atomic mass is 19.4. The number of alkyl halides is 3. The van der Waals surface area contributed by atoms with Crippen LogP contribution < -0.4 is 14.8 Å². The van der Waals surface area contributed by atoms with E-state index in [2.05, 4.69) is 15.3 Å². The van der Waals surface area contributed by atoms with E-state index in [0.717, 1.165) is 18.5 Å². The van der Waals surface area contributed by atoms with Crippen LogP contribution in [0.1, 0.15) is 17.7 Å². The van der Waals surface area contributed by atoms with E-state index in [1.807, 2.05) is 0 Å². The van der Waals surface area contributed by atoms with Crippen LogP contribution in [0.25, 0.3) is 0 Å². The lowest BCUT2D eigenvalue weighted by molar-refractivity contribution is -0.139. The fourth-order valence-electron chi connectivity index (χ4n) is 1.79. The number of hydrogen-bond acceptors (Lipinski definition) is 5.